The van der Waals surface area contributed by atoms with Crippen LogP contribution >= 0.6 is 0 Å². The largest absolute Gasteiger partial charge is 0.444 e. The molecule has 0 fully saturated rings. The molecule has 1 aromatic rings. The fraction of sp³-hybridized carbons (Fsp3) is 0.467. The second kappa shape index (κ2) is 6.13. The van der Waals surface area contributed by atoms with E-state index in [1.165, 1.54) is 18.3 Å². The summed E-state index contributed by atoms with van der Waals surface area (Å²) in [6.07, 6.45) is 3.46. The number of aromatic nitrogens is 1. The van der Waals surface area contributed by atoms with Crippen molar-refractivity contribution < 1.29 is 14.5 Å². The molecule has 0 aliphatic carbocycles. The molecule has 0 N–H and O–H groups in total. The first-order valence-electron chi connectivity index (χ1n) is 7.04. The molecule has 2 heterocycles. The zero-order valence-electron chi connectivity index (χ0n) is 12.9. The van der Waals surface area contributed by atoms with E-state index in [0.29, 0.717) is 25.2 Å². The average Bonchev–Trinajstić information content (AvgIpc) is 2.45. The summed E-state index contributed by atoms with van der Waals surface area (Å²) < 4.78 is 5.31. The number of nitrogens with zero attached hydrogens (tertiary/aromatic N) is 3. The molecule has 1 aromatic heterocycles. The lowest BCUT2D eigenvalue weighted by Gasteiger charge is -2.29. The van der Waals surface area contributed by atoms with Crippen LogP contribution in [0.3, 0.4) is 0 Å². The fourth-order valence-corrected chi connectivity index (χ4v) is 2.17. The maximum atomic E-state index is 12.0. The van der Waals surface area contributed by atoms with Crippen molar-refractivity contribution in [2.45, 2.75) is 32.8 Å². The topological polar surface area (TPSA) is 85.6 Å². The molecule has 0 saturated heterocycles. The predicted molar refractivity (Wildman–Crippen MR) is 81.3 cm³/mol. The Hall–Kier alpha value is -2.44. The third-order valence-corrected chi connectivity index (χ3v) is 3.15. The Morgan fingerprint density at radius 1 is 1.45 bits per heavy atom. The molecule has 22 heavy (non-hydrogen) atoms. The molecule has 0 bridgehead atoms. The number of carbonyl (C=O) groups is 1. The first-order chi connectivity index (χ1) is 10.3. The number of hydrogen-bond acceptors (Lipinski definition) is 5. The maximum Gasteiger partial charge on any atom is 0.410 e. The van der Waals surface area contributed by atoms with E-state index in [0.717, 1.165) is 5.57 Å². The van der Waals surface area contributed by atoms with Crippen LogP contribution in [0.1, 0.15) is 32.9 Å². The molecule has 1 amide bonds. The molecule has 1 aliphatic heterocycles. The van der Waals surface area contributed by atoms with Gasteiger partial charge in [0.25, 0.3) is 5.69 Å². The van der Waals surface area contributed by atoms with Gasteiger partial charge in [-0.2, -0.15) is 0 Å². The van der Waals surface area contributed by atoms with E-state index in [4.69, 9.17) is 4.74 Å². The van der Waals surface area contributed by atoms with Crippen LogP contribution in [0.5, 0.6) is 0 Å². The van der Waals surface area contributed by atoms with E-state index >= 15 is 0 Å². The van der Waals surface area contributed by atoms with E-state index in [9.17, 15) is 14.9 Å². The van der Waals surface area contributed by atoms with Crippen molar-refractivity contribution in [3.05, 3.63) is 40.2 Å². The van der Waals surface area contributed by atoms with E-state index in [1.807, 2.05) is 20.8 Å². The van der Waals surface area contributed by atoms with Crippen LogP contribution in [-0.2, 0) is 4.74 Å². The van der Waals surface area contributed by atoms with Gasteiger partial charge in [-0.15, -0.1) is 0 Å². The highest BCUT2D eigenvalue weighted by molar-refractivity contribution is 5.74. The van der Waals surface area contributed by atoms with Gasteiger partial charge in [-0.05, 0) is 38.8 Å². The fourth-order valence-electron chi connectivity index (χ4n) is 2.17. The molecule has 118 valence electrons. The Morgan fingerprint density at radius 3 is 2.73 bits per heavy atom. The summed E-state index contributed by atoms with van der Waals surface area (Å²) in [5.74, 6) is 0. The molecule has 0 atom stereocenters. The standard InChI is InChI=1S/C15H19N3O4/c1-15(2,3)22-14(19)17-9-6-11(7-10-17)13-12(18(20)21)5-4-8-16-13/h4-6,8H,7,9-10H2,1-3H3. The molecule has 0 radical (unpaired) electrons. The molecule has 7 heteroatoms. The van der Waals surface area contributed by atoms with Crippen LogP contribution in [0, 0.1) is 10.1 Å². The van der Waals surface area contributed by atoms with Crippen molar-refractivity contribution in [3.63, 3.8) is 0 Å². The van der Waals surface area contributed by atoms with Crippen LogP contribution in [-0.4, -0.2) is 39.6 Å². The minimum absolute atomic E-state index is 0.0144. The first kappa shape index (κ1) is 15.9. The van der Waals surface area contributed by atoms with Gasteiger partial charge in [0.2, 0.25) is 0 Å². The molecule has 7 nitrogen and oxygen atoms in total. The summed E-state index contributed by atoms with van der Waals surface area (Å²) in [5.41, 5.74) is 0.601. The molecular weight excluding hydrogens is 286 g/mol. The minimum atomic E-state index is -0.541. The summed E-state index contributed by atoms with van der Waals surface area (Å²) in [6.45, 7) is 6.25. The molecule has 2 rings (SSSR count). The lowest BCUT2D eigenvalue weighted by molar-refractivity contribution is -0.385. The van der Waals surface area contributed by atoms with Crippen molar-refractivity contribution in [2.75, 3.05) is 13.1 Å². The normalized spacial score (nSPS) is 15.2. The number of pyridine rings is 1. The van der Waals surface area contributed by atoms with E-state index in [1.54, 1.807) is 11.0 Å². The second-order valence-corrected chi connectivity index (χ2v) is 6.03. The molecule has 0 unspecified atom stereocenters. The Labute approximate surface area is 128 Å². The number of hydrogen-bond donors (Lipinski definition) is 0. The lowest BCUT2D eigenvalue weighted by Crippen LogP contribution is -2.39. The Kier molecular flexibility index (Phi) is 4.44. The molecule has 1 aliphatic rings. The molecular formula is C15H19N3O4. The minimum Gasteiger partial charge on any atom is -0.444 e. The number of ether oxygens (including phenoxy) is 1. The quantitative estimate of drug-likeness (QED) is 0.619. The van der Waals surface area contributed by atoms with E-state index in [2.05, 4.69) is 4.98 Å². The highest BCUT2D eigenvalue weighted by atomic mass is 16.6. The number of amides is 1. The van der Waals surface area contributed by atoms with Crippen LogP contribution in [0.4, 0.5) is 10.5 Å². The van der Waals surface area contributed by atoms with Gasteiger partial charge in [0, 0.05) is 25.4 Å². The highest BCUT2D eigenvalue weighted by Gasteiger charge is 2.26. The zero-order chi connectivity index (χ0) is 16.3. The molecule has 0 aromatic carbocycles. The zero-order valence-corrected chi connectivity index (χ0v) is 12.9. The van der Waals surface area contributed by atoms with Gasteiger partial charge in [-0.1, -0.05) is 6.08 Å². The summed E-state index contributed by atoms with van der Waals surface area (Å²) in [5, 5.41) is 11.0. The smallest absolute Gasteiger partial charge is 0.410 e. The van der Waals surface area contributed by atoms with Crippen LogP contribution < -0.4 is 0 Å². The monoisotopic (exact) mass is 305 g/mol. The third kappa shape index (κ3) is 3.81. The van der Waals surface area contributed by atoms with Crippen molar-refractivity contribution in [1.29, 1.82) is 0 Å². The van der Waals surface area contributed by atoms with Gasteiger partial charge >= 0.3 is 6.09 Å². The van der Waals surface area contributed by atoms with Gasteiger partial charge in [-0.3, -0.25) is 10.1 Å². The number of rotatable bonds is 2. The van der Waals surface area contributed by atoms with Gasteiger partial charge in [-0.25, -0.2) is 9.78 Å². The number of carbonyl (C=O) groups excluding carboxylic acids is 1. The van der Waals surface area contributed by atoms with E-state index in [-0.39, 0.29) is 11.8 Å². The lowest BCUT2D eigenvalue weighted by atomic mass is 10.0. The van der Waals surface area contributed by atoms with Crippen molar-refractivity contribution in [2.24, 2.45) is 0 Å². The summed E-state index contributed by atoms with van der Waals surface area (Å²) in [4.78, 5) is 28.3. The summed E-state index contributed by atoms with van der Waals surface area (Å²) in [6, 6.07) is 2.97. The summed E-state index contributed by atoms with van der Waals surface area (Å²) >= 11 is 0. The summed E-state index contributed by atoms with van der Waals surface area (Å²) in [7, 11) is 0. The van der Waals surface area contributed by atoms with Crippen LogP contribution in [0.15, 0.2) is 24.4 Å². The second-order valence-electron chi connectivity index (χ2n) is 6.03. The Bertz CT molecular complexity index is 619. The van der Waals surface area contributed by atoms with Crippen molar-refractivity contribution >= 4 is 17.4 Å². The molecule has 0 spiro atoms. The SMILES string of the molecule is CC(C)(C)OC(=O)N1CC=C(c2ncccc2[N+](=O)[O-])CC1. The third-order valence-electron chi connectivity index (χ3n) is 3.15. The van der Waals surface area contributed by atoms with Gasteiger partial charge in [0.05, 0.1) is 4.92 Å². The van der Waals surface area contributed by atoms with Gasteiger partial charge in [0.1, 0.15) is 11.3 Å². The van der Waals surface area contributed by atoms with Gasteiger partial charge < -0.3 is 9.64 Å². The van der Waals surface area contributed by atoms with Crippen molar-refractivity contribution in [3.8, 4) is 0 Å². The van der Waals surface area contributed by atoms with Gasteiger partial charge in [0.15, 0.2) is 0 Å². The number of nitro groups is 1. The first-order valence-corrected chi connectivity index (χ1v) is 7.04. The van der Waals surface area contributed by atoms with Crippen LogP contribution in [0.2, 0.25) is 0 Å². The van der Waals surface area contributed by atoms with Crippen molar-refractivity contribution in [1.82, 2.24) is 9.88 Å². The molecule has 0 saturated carbocycles. The maximum absolute atomic E-state index is 12.0. The van der Waals surface area contributed by atoms with E-state index < -0.39 is 10.5 Å². The average molecular weight is 305 g/mol. The predicted octanol–water partition coefficient (Wildman–Crippen LogP) is 3.01. The van der Waals surface area contributed by atoms with Crippen LogP contribution in [0.25, 0.3) is 5.57 Å². The Morgan fingerprint density at radius 2 is 2.18 bits per heavy atom. The Balaban J connectivity index is 2.12. The highest BCUT2D eigenvalue weighted by Crippen LogP contribution is 2.28.